The Balaban J connectivity index is 1.52. The van der Waals surface area contributed by atoms with E-state index in [9.17, 15) is 24.0 Å². The average Bonchev–Trinajstić information content (AvgIpc) is 3.32. The molecule has 2 heterocycles. The second-order valence-electron chi connectivity index (χ2n) is 11.0. The second-order valence-corrected chi connectivity index (χ2v) is 11.0. The molecule has 2 aromatic heterocycles. The molecule has 12 heteroatoms. The molecule has 0 saturated carbocycles. The predicted octanol–water partition coefficient (Wildman–Crippen LogP) is 4.06. The number of furan rings is 1. The molecule has 4 rings (SSSR count). The van der Waals surface area contributed by atoms with Gasteiger partial charge in [-0.25, -0.2) is 9.59 Å². The summed E-state index contributed by atoms with van der Waals surface area (Å²) < 4.78 is 11.6. The number of benzene rings is 2. The van der Waals surface area contributed by atoms with Crippen molar-refractivity contribution in [1.82, 2.24) is 16.0 Å². The summed E-state index contributed by atoms with van der Waals surface area (Å²) in [6.45, 7) is 4.16. The maximum Gasteiger partial charge on any atom is 0.340 e. The molecule has 2 aromatic carbocycles. The Morgan fingerprint density at radius 3 is 2.31 bits per heavy atom. The molecule has 0 saturated heterocycles. The number of aryl methyl sites for hydroxylation is 2. The summed E-state index contributed by atoms with van der Waals surface area (Å²) in [6.07, 6.45) is 2.02. The van der Waals surface area contributed by atoms with Gasteiger partial charge in [0.05, 0.1) is 12.0 Å². The van der Waals surface area contributed by atoms with Crippen molar-refractivity contribution in [3.05, 3.63) is 69.8 Å². The number of primary amides is 1. The third-order valence-corrected chi connectivity index (χ3v) is 7.66. The fraction of sp³-hybridized carbons (Fsp3) is 0.364. The fourth-order valence-corrected chi connectivity index (χ4v) is 5.37. The third-order valence-electron chi connectivity index (χ3n) is 7.66. The third kappa shape index (κ3) is 8.49. The van der Waals surface area contributed by atoms with Crippen LogP contribution in [0.15, 0.2) is 56.1 Å². The van der Waals surface area contributed by atoms with Crippen LogP contribution in [0.4, 0.5) is 4.79 Å². The van der Waals surface area contributed by atoms with E-state index in [4.69, 9.17) is 19.7 Å². The predicted molar refractivity (Wildman–Crippen MR) is 169 cm³/mol. The molecule has 4 aromatic rings. The van der Waals surface area contributed by atoms with E-state index in [0.29, 0.717) is 54.3 Å². The van der Waals surface area contributed by atoms with Crippen LogP contribution in [0.3, 0.4) is 0 Å². The number of urea groups is 1. The Bertz CT molecular complexity index is 1760. The smallest absolute Gasteiger partial charge is 0.340 e. The first kappa shape index (κ1) is 32.8. The molecule has 6 N–H and O–H groups in total. The summed E-state index contributed by atoms with van der Waals surface area (Å²) in [7, 11) is 0. The summed E-state index contributed by atoms with van der Waals surface area (Å²) in [5.41, 5.74) is 8.05. The van der Waals surface area contributed by atoms with Gasteiger partial charge in [-0.2, -0.15) is 0 Å². The van der Waals surface area contributed by atoms with Crippen molar-refractivity contribution in [2.45, 2.75) is 64.8 Å². The van der Waals surface area contributed by atoms with Gasteiger partial charge in [0.2, 0.25) is 11.8 Å². The topological polar surface area (TPSA) is 194 Å². The number of carboxylic acid groups (broad SMARTS) is 1. The quantitative estimate of drug-likeness (QED) is 0.0972. The monoisotopic (exact) mass is 618 g/mol. The van der Waals surface area contributed by atoms with Gasteiger partial charge in [-0.3, -0.25) is 14.4 Å². The minimum Gasteiger partial charge on any atom is -0.481 e. The van der Waals surface area contributed by atoms with Crippen molar-refractivity contribution in [3.63, 3.8) is 0 Å². The molecule has 4 amide bonds. The van der Waals surface area contributed by atoms with Crippen molar-refractivity contribution in [2.24, 2.45) is 5.73 Å². The summed E-state index contributed by atoms with van der Waals surface area (Å²) in [6, 6.07) is 11.8. The van der Waals surface area contributed by atoms with E-state index in [0.717, 1.165) is 22.3 Å². The maximum atomic E-state index is 13.2. The van der Waals surface area contributed by atoms with Crippen LogP contribution in [0.25, 0.3) is 33.1 Å². The van der Waals surface area contributed by atoms with Crippen molar-refractivity contribution >= 4 is 45.8 Å². The zero-order chi connectivity index (χ0) is 32.5. The molecule has 1 atom stereocenters. The van der Waals surface area contributed by atoms with Crippen LogP contribution in [-0.4, -0.2) is 48.1 Å². The Hall–Kier alpha value is -5.13. The van der Waals surface area contributed by atoms with Gasteiger partial charge in [0.15, 0.2) is 0 Å². The molecule has 0 radical (unpaired) electrons. The average molecular weight is 619 g/mol. The van der Waals surface area contributed by atoms with Crippen molar-refractivity contribution in [3.8, 4) is 11.1 Å². The van der Waals surface area contributed by atoms with Crippen LogP contribution in [0.2, 0.25) is 0 Å². The standard InChI is InChI=1S/C33H38N4O8/c1-19-22-16-24-27(44-20(2)30(24)21-10-5-3-6-11-21)18-26(22)45-32(42)23(19)17-28(38)37-25(12-9-15-36-33(34)43)31(41)35-14-8-4-7-13-29(39)40/h3,5-6,10-11,16,18,25H,4,7-9,12-15,17H2,1-2H3,(H,35,41)(H,37,38)(H,39,40)(H3,34,36,43). The van der Waals surface area contributed by atoms with Crippen molar-refractivity contribution < 1.29 is 33.1 Å². The van der Waals surface area contributed by atoms with Gasteiger partial charge in [-0.1, -0.05) is 36.8 Å². The number of amides is 4. The lowest BCUT2D eigenvalue weighted by molar-refractivity contribution is -0.137. The van der Waals surface area contributed by atoms with Gasteiger partial charge in [0, 0.05) is 41.9 Å². The lowest BCUT2D eigenvalue weighted by Gasteiger charge is -2.19. The van der Waals surface area contributed by atoms with Crippen LogP contribution >= 0.6 is 0 Å². The molecule has 0 aliphatic carbocycles. The van der Waals surface area contributed by atoms with Crippen LogP contribution < -0.4 is 27.3 Å². The van der Waals surface area contributed by atoms with Crippen LogP contribution in [0, 0.1) is 13.8 Å². The molecular weight excluding hydrogens is 580 g/mol. The zero-order valence-corrected chi connectivity index (χ0v) is 25.4. The van der Waals surface area contributed by atoms with E-state index < -0.39 is 35.5 Å². The van der Waals surface area contributed by atoms with Crippen LogP contribution in [-0.2, 0) is 20.8 Å². The van der Waals surface area contributed by atoms with Gasteiger partial charge >= 0.3 is 17.6 Å². The first-order valence-electron chi connectivity index (χ1n) is 14.9. The SMILES string of the molecule is Cc1oc2cc3oc(=O)c(CC(=O)NC(CCCNC(N)=O)C(=O)NCCCCCC(=O)O)c(C)c3cc2c1-c1ccccc1. The Morgan fingerprint density at radius 2 is 1.60 bits per heavy atom. The summed E-state index contributed by atoms with van der Waals surface area (Å²) in [5.74, 6) is -1.11. The van der Waals surface area contributed by atoms with E-state index in [-0.39, 0.29) is 31.4 Å². The summed E-state index contributed by atoms with van der Waals surface area (Å²) in [4.78, 5) is 60.9. The number of carboxylic acids is 1. The number of rotatable bonds is 15. The highest BCUT2D eigenvalue weighted by molar-refractivity contribution is 6.03. The molecule has 0 bridgehead atoms. The van der Waals surface area contributed by atoms with Gasteiger partial charge in [0.25, 0.3) is 0 Å². The Kier molecular flexibility index (Phi) is 11.0. The van der Waals surface area contributed by atoms with Gasteiger partial charge in [-0.05, 0) is 56.7 Å². The Morgan fingerprint density at radius 1 is 0.889 bits per heavy atom. The highest BCUT2D eigenvalue weighted by atomic mass is 16.4. The number of hydrogen-bond acceptors (Lipinski definition) is 7. The number of aliphatic carboxylic acids is 1. The van der Waals surface area contributed by atoms with Crippen LogP contribution in [0.5, 0.6) is 0 Å². The number of unbranched alkanes of at least 4 members (excludes halogenated alkanes) is 2. The van der Waals surface area contributed by atoms with Crippen molar-refractivity contribution in [2.75, 3.05) is 13.1 Å². The molecule has 45 heavy (non-hydrogen) atoms. The first-order chi connectivity index (χ1) is 21.5. The van der Waals surface area contributed by atoms with E-state index in [1.165, 1.54) is 0 Å². The fourth-order valence-electron chi connectivity index (χ4n) is 5.37. The molecule has 0 spiro atoms. The number of nitrogens with one attached hydrogen (secondary N) is 3. The lowest BCUT2D eigenvalue weighted by Crippen LogP contribution is -2.48. The molecule has 1 unspecified atom stereocenters. The minimum atomic E-state index is -0.930. The van der Waals surface area contributed by atoms with Crippen LogP contribution in [0.1, 0.15) is 55.4 Å². The summed E-state index contributed by atoms with van der Waals surface area (Å²) >= 11 is 0. The van der Waals surface area contributed by atoms with E-state index in [2.05, 4.69) is 16.0 Å². The van der Waals surface area contributed by atoms with Gasteiger partial charge < -0.3 is 35.6 Å². The van der Waals surface area contributed by atoms with E-state index in [1.54, 1.807) is 13.0 Å². The highest BCUT2D eigenvalue weighted by Gasteiger charge is 2.23. The first-order valence-corrected chi connectivity index (χ1v) is 14.9. The molecule has 0 aliphatic heterocycles. The van der Waals surface area contributed by atoms with Crippen molar-refractivity contribution in [1.29, 1.82) is 0 Å². The molecular formula is C33H38N4O8. The van der Waals surface area contributed by atoms with Gasteiger partial charge in [-0.15, -0.1) is 0 Å². The lowest BCUT2D eigenvalue weighted by atomic mass is 9.98. The minimum absolute atomic E-state index is 0.0580. The molecule has 12 nitrogen and oxygen atoms in total. The summed E-state index contributed by atoms with van der Waals surface area (Å²) in [5, 5.41) is 18.2. The second kappa shape index (κ2) is 15.0. The molecule has 0 fully saturated rings. The number of fused-ring (bicyclic) bond motifs is 2. The largest absolute Gasteiger partial charge is 0.481 e. The Labute approximate surface area is 259 Å². The zero-order valence-electron chi connectivity index (χ0n) is 25.4. The number of hydrogen-bond donors (Lipinski definition) is 5. The van der Waals surface area contributed by atoms with E-state index in [1.807, 2.05) is 43.3 Å². The van der Waals surface area contributed by atoms with E-state index >= 15 is 0 Å². The highest BCUT2D eigenvalue weighted by Crippen LogP contribution is 2.37. The van der Waals surface area contributed by atoms with Gasteiger partial charge in [0.1, 0.15) is 23.0 Å². The number of carbonyl (C=O) groups excluding carboxylic acids is 3. The number of carbonyl (C=O) groups is 4. The number of nitrogens with two attached hydrogens (primary N) is 1. The normalized spacial score (nSPS) is 11.8. The molecule has 0 aliphatic rings. The molecule has 238 valence electrons. The maximum absolute atomic E-state index is 13.2.